The summed E-state index contributed by atoms with van der Waals surface area (Å²) in [6.45, 7) is 0. The second kappa shape index (κ2) is 11.3. The fourth-order valence-electron chi connectivity index (χ4n) is 7.90. The SMILES string of the molecule is c1ccc2c(c1)oc1cc(-c3ccc(-c4cc(-c5cccc6sc7ccccc7c56)cc(-c5cccc6sc7ccccc7c56)c4)cc3)ccc12. The molecule has 0 fully saturated rings. The number of fused-ring (bicyclic) bond motifs is 9. The van der Waals surface area contributed by atoms with E-state index in [9.17, 15) is 0 Å². The van der Waals surface area contributed by atoms with Gasteiger partial charge < -0.3 is 4.42 Å². The van der Waals surface area contributed by atoms with Gasteiger partial charge >= 0.3 is 0 Å². The minimum Gasteiger partial charge on any atom is -0.456 e. The van der Waals surface area contributed by atoms with Gasteiger partial charge in [0.05, 0.1) is 0 Å². The summed E-state index contributed by atoms with van der Waals surface area (Å²) in [5, 5.41) is 7.60. The van der Waals surface area contributed by atoms with Crippen molar-refractivity contribution >= 4 is 85.0 Å². The van der Waals surface area contributed by atoms with Crippen molar-refractivity contribution in [2.45, 2.75) is 0 Å². The number of para-hydroxylation sites is 1. The van der Waals surface area contributed by atoms with Crippen LogP contribution in [0.5, 0.6) is 0 Å². The first-order valence-corrected chi connectivity index (χ1v) is 18.9. The van der Waals surface area contributed by atoms with E-state index >= 15 is 0 Å². The predicted octanol–water partition coefficient (Wildman–Crippen LogP) is 15.0. The van der Waals surface area contributed by atoms with E-state index in [1.807, 2.05) is 34.8 Å². The van der Waals surface area contributed by atoms with Crippen LogP contribution in [0.25, 0.3) is 107 Å². The van der Waals surface area contributed by atoms with Gasteiger partial charge in [0.2, 0.25) is 0 Å². The third-order valence-corrected chi connectivity index (χ3v) is 12.6. The molecule has 0 N–H and O–H groups in total. The lowest BCUT2D eigenvalue weighted by molar-refractivity contribution is 0.669. The quantitative estimate of drug-likeness (QED) is 0.180. The van der Waals surface area contributed by atoms with Crippen molar-refractivity contribution < 1.29 is 4.42 Å². The van der Waals surface area contributed by atoms with Crippen LogP contribution in [-0.4, -0.2) is 0 Å². The third-order valence-electron chi connectivity index (χ3n) is 10.3. The van der Waals surface area contributed by atoms with Crippen molar-refractivity contribution in [3.8, 4) is 44.5 Å². The zero-order valence-electron chi connectivity index (χ0n) is 27.4. The van der Waals surface area contributed by atoms with Crippen LogP contribution in [0.2, 0.25) is 0 Å². The summed E-state index contributed by atoms with van der Waals surface area (Å²) in [6, 6.07) is 62.1. The zero-order chi connectivity index (χ0) is 33.5. The second-order valence-electron chi connectivity index (χ2n) is 13.2. The lowest BCUT2D eigenvalue weighted by Gasteiger charge is -2.14. The summed E-state index contributed by atoms with van der Waals surface area (Å²) in [4.78, 5) is 0. The number of furan rings is 1. The maximum atomic E-state index is 6.22. The van der Waals surface area contributed by atoms with Crippen molar-refractivity contribution in [1.29, 1.82) is 0 Å². The Bertz CT molecular complexity index is 3000. The topological polar surface area (TPSA) is 13.1 Å². The molecule has 3 heteroatoms. The molecule has 0 saturated carbocycles. The Morgan fingerprint density at radius 2 is 0.765 bits per heavy atom. The number of hydrogen-bond donors (Lipinski definition) is 0. The van der Waals surface area contributed by atoms with Crippen LogP contribution in [-0.2, 0) is 0 Å². The van der Waals surface area contributed by atoms with Crippen molar-refractivity contribution in [3.05, 3.63) is 170 Å². The average Bonchev–Trinajstić information content (AvgIpc) is 3.88. The van der Waals surface area contributed by atoms with Crippen LogP contribution in [0.1, 0.15) is 0 Å². The normalized spacial score (nSPS) is 11.9. The van der Waals surface area contributed by atoms with Crippen molar-refractivity contribution in [1.82, 2.24) is 0 Å². The number of benzene rings is 8. The van der Waals surface area contributed by atoms with Gasteiger partial charge in [-0.15, -0.1) is 22.7 Å². The van der Waals surface area contributed by atoms with E-state index in [0.717, 1.165) is 27.5 Å². The van der Waals surface area contributed by atoms with Gasteiger partial charge in [0.1, 0.15) is 11.2 Å². The molecule has 0 unspecified atom stereocenters. The van der Waals surface area contributed by atoms with Gasteiger partial charge in [0.25, 0.3) is 0 Å². The van der Waals surface area contributed by atoms with E-state index in [0.29, 0.717) is 0 Å². The van der Waals surface area contributed by atoms with Crippen molar-refractivity contribution in [3.63, 3.8) is 0 Å². The highest BCUT2D eigenvalue weighted by atomic mass is 32.1. The van der Waals surface area contributed by atoms with Gasteiger partial charge in [-0.2, -0.15) is 0 Å². The maximum Gasteiger partial charge on any atom is 0.136 e. The molecule has 0 aliphatic heterocycles. The minimum absolute atomic E-state index is 0.917. The van der Waals surface area contributed by atoms with Crippen LogP contribution in [0.3, 0.4) is 0 Å². The lowest BCUT2D eigenvalue weighted by Crippen LogP contribution is -1.88. The molecule has 8 aromatic carbocycles. The first-order chi connectivity index (χ1) is 25.2. The highest BCUT2D eigenvalue weighted by Gasteiger charge is 2.16. The van der Waals surface area contributed by atoms with Gasteiger partial charge in [0.15, 0.2) is 0 Å². The minimum atomic E-state index is 0.917. The summed E-state index contributed by atoms with van der Waals surface area (Å²) < 4.78 is 11.5. The Morgan fingerprint density at radius 1 is 0.294 bits per heavy atom. The fraction of sp³-hybridized carbons (Fsp3) is 0. The molecule has 0 aliphatic carbocycles. The summed E-state index contributed by atoms with van der Waals surface area (Å²) in [5.41, 5.74) is 11.5. The smallest absolute Gasteiger partial charge is 0.136 e. The second-order valence-corrected chi connectivity index (χ2v) is 15.4. The fourth-order valence-corrected chi connectivity index (χ4v) is 10.2. The van der Waals surface area contributed by atoms with Crippen LogP contribution in [0.4, 0.5) is 0 Å². The first kappa shape index (κ1) is 28.8. The van der Waals surface area contributed by atoms with Crippen LogP contribution in [0, 0.1) is 0 Å². The van der Waals surface area contributed by atoms with E-state index < -0.39 is 0 Å². The van der Waals surface area contributed by atoms with Gasteiger partial charge in [-0.3, -0.25) is 0 Å². The Morgan fingerprint density at radius 3 is 1.39 bits per heavy atom. The molecule has 0 bridgehead atoms. The lowest BCUT2D eigenvalue weighted by atomic mass is 9.90. The van der Waals surface area contributed by atoms with Crippen LogP contribution < -0.4 is 0 Å². The maximum absolute atomic E-state index is 6.22. The van der Waals surface area contributed by atoms with E-state index in [-0.39, 0.29) is 0 Å². The molecule has 0 aliphatic rings. The molecule has 0 saturated heterocycles. The van der Waals surface area contributed by atoms with Gasteiger partial charge in [-0.05, 0) is 105 Å². The Labute approximate surface area is 302 Å². The predicted molar refractivity (Wildman–Crippen MR) is 221 cm³/mol. The molecule has 1 nitrogen and oxygen atoms in total. The molecule has 11 aromatic rings. The van der Waals surface area contributed by atoms with E-state index in [1.54, 1.807) is 0 Å². The number of rotatable bonds is 4. The number of hydrogen-bond acceptors (Lipinski definition) is 3. The molecule has 0 radical (unpaired) electrons. The monoisotopic (exact) mass is 684 g/mol. The molecule has 0 spiro atoms. The van der Waals surface area contributed by atoms with Crippen LogP contribution in [0.15, 0.2) is 174 Å². The zero-order valence-corrected chi connectivity index (χ0v) is 29.0. The highest BCUT2D eigenvalue weighted by molar-refractivity contribution is 7.26. The van der Waals surface area contributed by atoms with Gasteiger partial charge in [-0.25, -0.2) is 0 Å². The van der Waals surface area contributed by atoms with E-state index in [1.165, 1.54) is 79.3 Å². The molecule has 51 heavy (non-hydrogen) atoms. The van der Waals surface area contributed by atoms with Crippen molar-refractivity contribution in [2.75, 3.05) is 0 Å². The molecule has 11 rings (SSSR count). The van der Waals surface area contributed by atoms with Gasteiger partial charge in [0, 0.05) is 51.1 Å². The van der Waals surface area contributed by atoms with E-state index in [2.05, 4.69) is 158 Å². The van der Waals surface area contributed by atoms with Crippen LogP contribution >= 0.6 is 22.7 Å². The molecule has 0 amide bonds. The summed E-state index contributed by atoms with van der Waals surface area (Å²) in [6.07, 6.45) is 0. The van der Waals surface area contributed by atoms with Crippen molar-refractivity contribution in [2.24, 2.45) is 0 Å². The highest BCUT2D eigenvalue weighted by Crippen LogP contribution is 2.45. The Kier molecular flexibility index (Phi) is 6.36. The third kappa shape index (κ3) is 4.59. The number of thiophene rings is 2. The van der Waals surface area contributed by atoms with E-state index in [4.69, 9.17) is 4.42 Å². The molecule has 0 atom stereocenters. The summed E-state index contributed by atoms with van der Waals surface area (Å²) in [7, 11) is 0. The average molecular weight is 685 g/mol. The Hall–Kier alpha value is -6.00. The molecular formula is C48H28OS2. The molecule has 3 heterocycles. The molecule has 3 aromatic heterocycles. The van der Waals surface area contributed by atoms with Gasteiger partial charge in [-0.1, -0.05) is 109 Å². The standard InChI is InChI=1S/C48H28OS2/c1-4-14-41-37(9-1)38-24-23-31(28-42(38)49-41)29-19-21-30(22-20-29)32-25-33(35-12-7-17-45-47(35)39-10-2-5-15-43(39)50-45)27-34(26-32)36-13-8-18-46-48(36)40-11-3-6-16-44(40)51-46/h1-28H. The molecular weight excluding hydrogens is 657 g/mol. The molecule has 238 valence electrons. The largest absolute Gasteiger partial charge is 0.456 e. The summed E-state index contributed by atoms with van der Waals surface area (Å²) >= 11 is 3.74. The summed E-state index contributed by atoms with van der Waals surface area (Å²) in [5.74, 6) is 0. The first-order valence-electron chi connectivity index (χ1n) is 17.2. The Balaban J connectivity index is 1.10.